The van der Waals surface area contributed by atoms with Gasteiger partial charge < -0.3 is 10.2 Å². The lowest BCUT2D eigenvalue weighted by Crippen LogP contribution is -2.42. The predicted octanol–water partition coefficient (Wildman–Crippen LogP) is 3.07. The van der Waals surface area contributed by atoms with Gasteiger partial charge in [0.25, 0.3) is 0 Å². The van der Waals surface area contributed by atoms with Crippen LogP contribution in [-0.2, 0) is 10.4 Å². The van der Waals surface area contributed by atoms with Crippen LogP contribution >= 0.6 is 0 Å². The van der Waals surface area contributed by atoms with E-state index in [1.807, 2.05) is 13.8 Å². The van der Waals surface area contributed by atoms with E-state index < -0.39 is 17.0 Å². The molecule has 0 saturated heterocycles. The fourth-order valence-corrected chi connectivity index (χ4v) is 2.93. The highest BCUT2D eigenvalue weighted by molar-refractivity contribution is 6.03. The third-order valence-electron chi connectivity index (χ3n) is 3.94. The number of benzene rings is 1. The van der Waals surface area contributed by atoms with Crippen LogP contribution in [0.2, 0.25) is 0 Å². The molecule has 1 aliphatic rings. The fraction of sp³-hybridized carbons (Fsp3) is 0.333. The molecule has 4 nitrogen and oxygen atoms in total. The number of carboxylic acid groups (broad SMARTS) is 1. The zero-order valence-electron chi connectivity index (χ0n) is 13.0. The number of carbonyl (C=O) groups excluding carboxylic acids is 1. The second kappa shape index (κ2) is 5.54. The van der Waals surface area contributed by atoms with E-state index in [4.69, 9.17) is 5.11 Å². The topological polar surface area (TPSA) is 74.6 Å². The number of allylic oxidation sites excluding steroid dienone is 2. The van der Waals surface area contributed by atoms with E-state index in [-0.39, 0.29) is 12.2 Å². The van der Waals surface area contributed by atoms with Crippen molar-refractivity contribution in [2.45, 2.75) is 32.8 Å². The lowest BCUT2D eigenvalue weighted by Gasteiger charge is -2.40. The van der Waals surface area contributed by atoms with E-state index in [1.165, 1.54) is 0 Å². The number of aliphatic hydroxyl groups is 1. The summed E-state index contributed by atoms with van der Waals surface area (Å²) in [6.07, 6.45) is 4.49. The molecule has 2 N–H and O–H groups in total. The van der Waals surface area contributed by atoms with Gasteiger partial charge in [-0.15, -0.1) is 0 Å². The van der Waals surface area contributed by atoms with Crippen molar-refractivity contribution in [3.63, 3.8) is 0 Å². The Labute approximate surface area is 129 Å². The molecule has 0 unspecified atom stereocenters. The first-order chi connectivity index (χ1) is 10.2. The molecule has 0 heterocycles. The minimum Gasteiger partial charge on any atom is -0.478 e. The van der Waals surface area contributed by atoms with E-state index in [1.54, 1.807) is 43.3 Å². The Morgan fingerprint density at radius 3 is 2.55 bits per heavy atom. The average molecular weight is 300 g/mol. The van der Waals surface area contributed by atoms with Crippen molar-refractivity contribution >= 4 is 11.8 Å². The van der Waals surface area contributed by atoms with Crippen molar-refractivity contribution in [1.29, 1.82) is 0 Å². The Hall–Kier alpha value is -2.20. The normalized spacial score (nSPS) is 24.4. The van der Waals surface area contributed by atoms with E-state index in [0.717, 1.165) is 6.08 Å². The minimum atomic E-state index is -1.29. The molecule has 0 aliphatic heterocycles. The molecule has 1 aromatic rings. The molecule has 4 heteroatoms. The monoisotopic (exact) mass is 300 g/mol. The molecule has 2 rings (SSSR count). The molecule has 0 saturated carbocycles. The summed E-state index contributed by atoms with van der Waals surface area (Å²) in [6.45, 7) is 5.27. The molecule has 116 valence electrons. The summed E-state index contributed by atoms with van der Waals surface area (Å²) in [6, 6.07) is 7.02. The Morgan fingerprint density at radius 2 is 1.91 bits per heavy atom. The Bertz CT molecular complexity index is 682. The van der Waals surface area contributed by atoms with Gasteiger partial charge in [0, 0.05) is 17.1 Å². The van der Waals surface area contributed by atoms with E-state index in [2.05, 4.69) is 0 Å². The Morgan fingerprint density at radius 1 is 1.27 bits per heavy atom. The van der Waals surface area contributed by atoms with Crippen LogP contribution in [0.15, 0.2) is 48.1 Å². The van der Waals surface area contributed by atoms with Gasteiger partial charge in [-0.1, -0.05) is 44.2 Å². The van der Waals surface area contributed by atoms with E-state index >= 15 is 0 Å². The molecule has 1 aliphatic carbocycles. The summed E-state index contributed by atoms with van der Waals surface area (Å²) in [7, 11) is 0. The number of carbonyl (C=O) groups is 2. The minimum absolute atomic E-state index is 0.0129. The molecule has 1 aromatic carbocycles. The van der Waals surface area contributed by atoms with Crippen LogP contribution in [0.25, 0.3) is 0 Å². The number of hydrogen-bond acceptors (Lipinski definition) is 3. The van der Waals surface area contributed by atoms with Gasteiger partial charge in [0.1, 0.15) is 5.60 Å². The summed E-state index contributed by atoms with van der Waals surface area (Å²) in [4.78, 5) is 23.2. The second-order valence-corrected chi connectivity index (χ2v) is 6.42. The van der Waals surface area contributed by atoms with Gasteiger partial charge in [0.2, 0.25) is 0 Å². The molecule has 0 spiro atoms. The van der Waals surface area contributed by atoms with Gasteiger partial charge in [0.05, 0.1) is 0 Å². The van der Waals surface area contributed by atoms with Crippen molar-refractivity contribution in [1.82, 2.24) is 0 Å². The zero-order valence-corrected chi connectivity index (χ0v) is 13.0. The number of rotatable bonds is 3. The van der Waals surface area contributed by atoms with Crippen LogP contribution in [0.5, 0.6) is 0 Å². The average Bonchev–Trinajstić information content (AvgIpc) is 2.42. The van der Waals surface area contributed by atoms with Crippen LogP contribution in [0.3, 0.4) is 0 Å². The number of aliphatic carboxylic acids is 1. The third kappa shape index (κ3) is 3.02. The highest BCUT2D eigenvalue weighted by Crippen LogP contribution is 2.45. The highest BCUT2D eigenvalue weighted by Gasteiger charge is 2.45. The van der Waals surface area contributed by atoms with Crippen LogP contribution in [0.1, 0.15) is 43.1 Å². The molecule has 0 bridgehead atoms. The number of carboxylic acids is 1. The summed E-state index contributed by atoms with van der Waals surface area (Å²) in [5.41, 5.74) is -0.364. The first-order valence-electron chi connectivity index (χ1n) is 7.13. The first kappa shape index (κ1) is 16.2. The van der Waals surface area contributed by atoms with Gasteiger partial charge in [0.15, 0.2) is 5.78 Å². The molecule has 1 atom stereocenters. The Kier molecular flexibility index (Phi) is 4.07. The van der Waals surface area contributed by atoms with Gasteiger partial charge in [-0.25, -0.2) is 4.79 Å². The SMILES string of the molecule is CC(=C/C(=O)O)/C=C/[C@@]1(O)CC(C)(C)C(=O)c2ccccc21. The van der Waals surface area contributed by atoms with Crippen molar-refractivity contribution in [3.05, 3.63) is 59.2 Å². The molecular weight excluding hydrogens is 280 g/mol. The number of fused-ring (bicyclic) bond motifs is 1. The molecule has 0 radical (unpaired) electrons. The van der Waals surface area contributed by atoms with Gasteiger partial charge >= 0.3 is 5.97 Å². The van der Waals surface area contributed by atoms with Crippen molar-refractivity contribution < 1.29 is 19.8 Å². The molecule has 0 fully saturated rings. The standard InChI is InChI=1S/C18H20O4/c1-12(10-15(19)20)8-9-18(22)11-17(2,3)16(21)13-6-4-5-7-14(13)18/h4-10,22H,11H2,1-3H3,(H,19,20)/b9-8+,12-10-/t18-/m1/s1. The largest absolute Gasteiger partial charge is 0.478 e. The van der Waals surface area contributed by atoms with Crippen molar-refractivity contribution in [2.75, 3.05) is 0 Å². The third-order valence-corrected chi connectivity index (χ3v) is 3.94. The van der Waals surface area contributed by atoms with Crippen LogP contribution in [0.4, 0.5) is 0 Å². The lowest BCUT2D eigenvalue weighted by atomic mass is 9.66. The highest BCUT2D eigenvalue weighted by atomic mass is 16.4. The van der Waals surface area contributed by atoms with Crippen LogP contribution < -0.4 is 0 Å². The summed E-state index contributed by atoms with van der Waals surface area (Å²) < 4.78 is 0. The maximum atomic E-state index is 12.5. The summed E-state index contributed by atoms with van der Waals surface area (Å²) in [5.74, 6) is -1.02. The number of hydrogen-bond donors (Lipinski definition) is 2. The smallest absolute Gasteiger partial charge is 0.328 e. The van der Waals surface area contributed by atoms with Crippen LogP contribution in [0, 0.1) is 5.41 Å². The Balaban J connectivity index is 2.50. The first-order valence-corrected chi connectivity index (χ1v) is 7.13. The lowest BCUT2D eigenvalue weighted by molar-refractivity contribution is -0.131. The van der Waals surface area contributed by atoms with Crippen molar-refractivity contribution in [2.24, 2.45) is 5.41 Å². The number of ketones is 1. The maximum Gasteiger partial charge on any atom is 0.328 e. The molecule has 0 aromatic heterocycles. The maximum absolute atomic E-state index is 12.5. The fourth-order valence-electron chi connectivity index (χ4n) is 2.93. The van der Waals surface area contributed by atoms with Gasteiger partial charge in [-0.2, -0.15) is 0 Å². The van der Waals surface area contributed by atoms with Crippen molar-refractivity contribution in [3.8, 4) is 0 Å². The number of Topliss-reactive ketones (excluding diaryl/α,β-unsaturated/α-hetero) is 1. The van der Waals surface area contributed by atoms with Gasteiger partial charge in [-0.05, 0) is 30.6 Å². The zero-order chi connectivity index (χ0) is 16.5. The molecule has 22 heavy (non-hydrogen) atoms. The summed E-state index contributed by atoms with van der Waals surface area (Å²) in [5, 5.41) is 19.8. The quantitative estimate of drug-likeness (QED) is 0.664. The molecular formula is C18H20O4. The second-order valence-electron chi connectivity index (χ2n) is 6.42. The summed E-state index contributed by atoms with van der Waals surface area (Å²) >= 11 is 0. The predicted molar refractivity (Wildman–Crippen MR) is 83.6 cm³/mol. The van der Waals surface area contributed by atoms with Gasteiger partial charge in [-0.3, -0.25) is 4.79 Å². The van der Waals surface area contributed by atoms with E-state index in [9.17, 15) is 14.7 Å². The van der Waals surface area contributed by atoms with E-state index in [0.29, 0.717) is 16.7 Å². The van der Waals surface area contributed by atoms with Crippen LogP contribution in [-0.4, -0.2) is 22.0 Å². The molecule has 0 amide bonds.